The van der Waals surface area contributed by atoms with Crippen molar-refractivity contribution in [2.24, 2.45) is 5.73 Å². The zero-order chi connectivity index (χ0) is 12.4. The molecule has 0 unspecified atom stereocenters. The lowest BCUT2D eigenvalue weighted by Gasteiger charge is -2.21. The molecule has 90 valence electrons. The van der Waals surface area contributed by atoms with Gasteiger partial charge in [0.05, 0.1) is 0 Å². The fourth-order valence-corrected chi connectivity index (χ4v) is 2.08. The number of anilines is 1. The quantitative estimate of drug-likeness (QED) is 0.786. The molecule has 0 bridgehead atoms. The molecule has 1 aliphatic heterocycles. The number of para-hydroxylation sites is 1. The highest BCUT2D eigenvalue weighted by molar-refractivity contribution is 6.00. The number of nitrogens with two attached hydrogens (primary N) is 1. The lowest BCUT2D eigenvalue weighted by Crippen LogP contribution is -2.48. The molecule has 0 saturated heterocycles. The van der Waals surface area contributed by atoms with Crippen LogP contribution in [0.1, 0.15) is 12.5 Å². The van der Waals surface area contributed by atoms with Gasteiger partial charge in [-0.1, -0.05) is 18.2 Å². The van der Waals surface area contributed by atoms with Crippen LogP contribution in [-0.4, -0.2) is 24.5 Å². The van der Waals surface area contributed by atoms with E-state index in [0.717, 1.165) is 17.7 Å². The van der Waals surface area contributed by atoms with Crippen molar-refractivity contribution < 1.29 is 9.59 Å². The van der Waals surface area contributed by atoms with Crippen LogP contribution in [0.3, 0.4) is 0 Å². The zero-order valence-corrected chi connectivity index (χ0v) is 9.64. The van der Waals surface area contributed by atoms with Crippen molar-refractivity contribution in [3.63, 3.8) is 0 Å². The first-order chi connectivity index (χ1) is 8.09. The van der Waals surface area contributed by atoms with Gasteiger partial charge in [0.1, 0.15) is 6.04 Å². The van der Waals surface area contributed by atoms with Crippen molar-refractivity contribution in [2.45, 2.75) is 19.4 Å². The smallest absolute Gasteiger partial charge is 0.312 e. The van der Waals surface area contributed by atoms with E-state index in [1.54, 1.807) is 11.8 Å². The zero-order valence-electron chi connectivity index (χ0n) is 9.64. The van der Waals surface area contributed by atoms with Crippen LogP contribution < -0.4 is 16.0 Å². The first-order valence-corrected chi connectivity index (χ1v) is 5.55. The molecule has 2 rings (SSSR count). The highest BCUT2D eigenvalue weighted by Gasteiger charge is 2.27. The Morgan fingerprint density at radius 1 is 1.41 bits per heavy atom. The number of hydrogen-bond donors (Lipinski definition) is 2. The first kappa shape index (κ1) is 11.4. The molecule has 17 heavy (non-hydrogen) atoms. The number of amides is 3. The minimum absolute atomic E-state index is 0.131. The van der Waals surface area contributed by atoms with Crippen molar-refractivity contribution in [2.75, 3.05) is 11.4 Å². The first-order valence-electron chi connectivity index (χ1n) is 5.55. The summed E-state index contributed by atoms with van der Waals surface area (Å²) in [6, 6.07) is 6.50. The van der Waals surface area contributed by atoms with E-state index >= 15 is 0 Å². The number of benzene rings is 1. The SMILES string of the molecule is C[C@H](NC(N)=O)C(=O)N1CCc2ccccc21. The number of rotatable bonds is 2. The van der Waals surface area contributed by atoms with E-state index in [4.69, 9.17) is 5.73 Å². The van der Waals surface area contributed by atoms with Gasteiger partial charge in [0, 0.05) is 12.2 Å². The van der Waals surface area contributed by atoms with Gasteiger partial charge in [-0.2, -0.15) is 0 Å². The van der Waals surface area contributed by atoms with Gasteiger partial charge in [-0.25, -0.2) is 4.79 Å². The summed E-state index contributed by atoms with van der Waals surface area (Å²) < 4.78 is 0. The third kappa shape index (κ3) is 2.22. The largest absolute Gasteiger partial charge is 0.352 e. The second-order valence-corrected chi connectivity index (χ2v) is 4.10. The molecule has 1 heterocycles. The molecule has 5 heteroatoms. The van der Waals surface area contributed by atoms with Crippen molar-refractivity contribution in [1.82, 2.24) is 5.32 Å². The Morgan fingerprint density at radius 3 is 2.82 bits per heavy atom. The number of fused-ring (bicyclic) bond motifs is 1. The van der Waals surface area contributed by atoms with Crippen LogP contribution in [0, 0.1) is 0 Å². The number of hydrogen-bond acceptors (Lipinski definition) is 2. The summed E-state index contributed by atoms with van der Waals surface area (Å²) in [6.45, 7) is 2.29. The molecule has 1 atom stereocenters. The van der Waals surface area contributed by atoms with Gasteiger partial charge in [-0.3, -0.25) is 4.79 Å². The van der Waals surface area contributed by atoms with E-state index in [1.807, 2.05) is 24.3 Å². The average Bonchev–Trinajstić information content (AvgIpc) is 2.70. The maximum Gasteiger partial charge on any atom is 0.312 e. The van der Waals surface area contributed by atoms with E-state index in [2.05, 4.69) is 5.32 Å². The van der Waals surface area contributed by atoms with Crippen LogP contribution in [0.4, 0.5) is 10.5 Å². The van der Waals surface area contributed by atoms with E-state index in [1.165, 1.54) is 0 Å². The van der Waals surface area contributed by atoms with Gasteiger partial charge < -0.3 is 16.0 Å². The van der Waals surface area contributed by atoms with Gasteiger partial charge in [0.2, 0.25) is 5.91 Å². The van der Waals surface area contributed by atoms with Crippen LogP contribution in [0.2, 0.25) is 0 Å². The van der Waals surface area contributed by atoms with Crippen LogP contribution >= 0.6 is 0 Å². The van der Waals surface area contributed by atoms with Crippen molar-refractivity contribution in [3.05, 3.63) is 29.8 Å². The van der Waals surface area contributed by atoms with E-state index in [9.17, 15) is 9.59 Å². The van der Waals surface area contributed by atoms with E-state index in [-0.39, 0.29) is 5.91 Å². The molecule has 0 aliphatic carbocycles. The third-order valence-corrected chi connectivity index (χ3v) is 2.88. The number of nitrogens with zero attached hydrogens (tertiary/aromatic N) is 1. The standard InChI is InChI=1S/C12H15N3O2/c1-8(14-12(13)17)11(16)15-7-6-9-4-2-3-5-10(9)15/h2-5,8H,6-7H2,1H3,(H3,13,14,17)/t8-/m0/s1. The number of urea groups is 1. The molecular weight excluding hydrogens is 218 g/mol. The molecule has 1 aromatic carbocycles. The maximum absolute atomic E-state index is 12.1. The van der Waals surface area contributed by atoms with Gasteiger partial charge >= 0.3 is 6.03 Å². The van der Waals surface area contributed by atoms with Crippen molar-refractivity contribution in [1.29, 1.82) is 0 Å². The molecule has 0 aromatic heterocycles. The second-order valence-electron chi connectivity index (χ2n) is 4.10. The lowest BCUT2D eigenvalue weighted by atomic mass is 10.2. The normalized spacial score (nSPS) is 15.2. The van der Waals surface area contributed by atoms with Crippen LogP contribution in [-0.2, 0) is 11.2 Å². The molecule has 3 N–H and O–H groups in total. The highest BCUT2D eigenvalue weighted by atomic mass is 16.2. The molecule has 1 aliphatic rings. The Hall–Kier alpha value is -2.04. The summed E-state index contributed by atoms with van der Waals surface area (Å²) in [5.41, 5.74) is 7.09. The minimum Gasteiger partial charge on any atom is -0.352 e. The van der Waals surface area contributed by atoms with E-state index < -0.39 is 12.1 Å². The Balaban J connectivity index is 2.15. The monoisotopic (exact) mass is 233 g/mol. The Labute approximate surface area is 99.6 Å². The van der Waals surface area contributed by atoms with Crippen molar-refractivity contribution in [3.8, 4) is 0 Å². The van der Waals surface area contributed by atoms with Gasteiger partial charge in [0.15, 0.2) is 0 Å². The topological polar surface area (TPSA) is 75.4 Å². The number of carbonyl (C=O) groups is 2. The fourth-order valence-electron chi connectivity index (χ4n) is 2.08. The second kappa shape index (κ2) is 4.45. The molecule has 0 fully saturated rings. The highest BCUT2D eigenvalue weighted by Crippen LogP contribution is 2.27. The third-order valence-electron chi connectivity index (χ3n) is 2.88. The maximum atomic E-state index is 12.1. The summed E-state index contributed by atoms with van der Waals surface area (Å²) in [7, 11) is 0. The summed E-state index contributed by atoms with van der Waals surface area (Å²) in [6.07, 6.45) is 0.852. The van der Waals surface area contributed by atoms with Gasteiger partial charge in [-0.15, -0.1) is 0 Å². The Bertz CT molecular complexity index is 459. The summed E-state index contributed by atoms with van der Waals surface area (Å²) >= 11 is 0. The van der Waals surface area contributed by atoms with Gasteiger partial charge in [-0.05, 0) is 25.0 Å². The minimum atomic E-state index is -0.682. The molecule has 3 amide bonds. The fraction of sp³-hybridized carbons (Fsp3) is 0.333. The number of primary amides is 1. The van der Waals surface area contributed by atoms with Crippen molar-refractivity contribution >= 4 is 17.6 Å². The molecule has 5 nitrogen and oxygen atoms in total. The number of nitrogens with one attached hydrogen (secondary N) is 1. The van der Waals surface area contributed by atoms with Crippen LogP contribution in [0.15, 0.2) is 24.3 Å². The summed E-state index contributed by atoms with van der Waals surface area (Å²) in [5, 5.41) is 2.40. The predicted molar refractivity (Wildman–Crippen MR) is 64.7 cm³/mol. The molecule has 0 radical (unpaired) electrons. The van der Waals surface area contributed by atoms with Gasteiger partial charge in [0.25, 0.3) is 0 Å². The number of carbonyl (C=O) groups excluding carboxylic acids is 2. The molecule has 0 spiro atoms. The summed E-state index contributed by atoms with van der Waals surface area (Å²) in [4.78, 5) is 24.5. The Kier molecular flexibility index (Phi) is 2.99. The summed E-state index contributed by atoms with van der Waals surface area (Å²) in [5.74, 6) is -0.131. The molecular formula is C12H15N3O2. The molecule has 1 aromatic rings. The lowest BCUT2D eigenvalue weighted by molar-refractivity contribution is -0.119. The van der Waals surface area contributed by atoms with Crippen LogP contribution in [0.25, 0.3) is 0 Å². The Morgan fingerprint density at radius 2 is 2.12 bits per heavy atom. The molecule has 0 saturated carbocycles. The predicted octanol–water partition coefficient (Wildman–Crippen LogP) is 0.633. The average molecular weight is 233 g/mol. The van der Waals surface area contributed by atoms with E-state index in [0.29, 0.717) is 6.54 Å². The van der Waals surface area contributed by atoms with Crippen LogP contribution in [0.5, 0.6) is 0 Å².